The minimum absolute atomic E-state index is 0.113. The van der Waals surface area contributed by atoms with Crippen LogP contribution in [-0.4, -0.2) is 27.9 Å². The Balaban J connectivity index is 1.60. The number of H-pyrrole nitrogens is 1. The number of aromatic amines is 1. The van der Waals surface area contributed by atoms with Gasteiger partial charge < -0.3 is 10.3 Å². The molecule has 0 aliphatic heterocycles. The summed E-state index contributed by atoms with van der Waals surface area (Å²) in [5.74, 6) is -0.113. The maximum absolute atomic E-state index is 12.1. The lowest BCUT2D eigenvalue weighted by Crippen LogP contribution is -2.25. The van der Waals surface area contributed by atoms with Crippen LogP contribution in [0.5, 0.6) is 0 Å². The molecule has 1 amide bonds. The number of rotatable bonds is 5. The van der Waals surface area contributed by atoms with Crippen LogP contribution < -0.4 is 5.32 Å². The highest BCUT2D eigenvalue weighted by Crippen LogP contribution is 2.17. The summed E-state index contributed by atoms with van der Waals surface area (Å²) in [7, 11) is -1.02. The van der Waals surface area contributed by atoms with E-state index in [0.29, 0.717) is 12.1 Å². The van der Waals surface area contributed by atoms with Crippen molar-refractivity contribution in [3.05, 3.63) is 65.9 Å². The monoisotopic (exact) mass is 326 g/mol. The molecule has 4 nitrogen and oxygen atoms in total. The van der Waals surface area contributed by atoms with E-state index in [1.807, 2.05) is 24.4 Å². The summed E-state index contributed by atoms with van der Waals surface area (Å²) in [6, 6.07) is 15.0. The molecule has 0 aliphatic carbocycles. The second-order valence-electron chi connectivity index (χ2n) is 5.34. The first-order valence-electron chi connectivity index (χ1n) is 7.42. The van der Waals surface area contributed by atoms with Crippen molar-refractivity contribution >= 4 is 27.6 Å². The van der Waals surface area contributed by atoms with E-state index < -0.39 is 10.8 Å². The summed E-state index contributed by atoms with van der Waals surface area (Å²) in [4.78, 5) is 16.1. The molecule has 0 saturated heterocycles. The van der Waals surface area contributed by atoms with Crippen molar-refractivity contribution in [1.29, 1.82) is 0 Å². The van der Waals surface area contributed by atoms with Gasteiger partial charge in [0.25, 0.3) is 5.91 Å². The Morgan fingerprint density at radius 1 is 1.13 bits per heavy atom. The number of para-hydroxylation sites is 1. The first-order valence-corrected chi connectivity index (χ1v) is 8.97. The van der Waals surface area contributed by atoms with E-state index in [1.165, 1.54) is 10.9 Å². The predicted octanol–water partition coefficient (Wildman–Crippen LogP) is 2.88. The maximum atomic E-state index is 12.1. The molecule has 2 N–H and O–H groups in total. The van der Waals surface area contributed by atoms with Gasteiger partial charge in [-0.15, -0.1) is 0 Å². The lowest BCUT2D eigenvalue weighted by Gasteiger charge is -2.05. The second-order valence-corrected chi connectivity index (χ2v) is 6.72. The first kappa shape index (κ1) is 15.5. The normalized spacial score (nSPS) is 12.2. The van der Waals surface area contributed by atoms with Crippen molar-refractivity contribution in [3.8, 4) is 0 Å². The number of nitrogens with one attached hydrogen (secondary N) is 2. The van der Waals surface area contributed by atoms with E-state index in [-0.39, 0.29) is 5.91 Å². The van der Waals surface area contributed by atoms with Gasteiger partial charge in [-0.2, -0.15) is 0 Å². The molecule has 118 valence electrons. The van der Waals surface area contributed by atoms with Gasteiger partial charge in [-0.3, -0.25) is 9.00 Å². The number of benzene rings is 2. The number of aromatic nitrogens is 1. The molecule has 5 heteroatoms. The summed E-state index contributed by atoms with van der Waals surface area (Å²) in [6.45, 7) is 0.572. The quantitative estimate of drug-likeness (QED) is 0.757. The molecule has 0 spiro atoms. The number of amides is 1. The van der Waals surface area contributed by atoms with E-state index in [4.69, 9.17) is 0 Å². The minimum atomic E-state index is -1.02. The highest BCUT2D eigenvalue weighted by molar-refractivity contribution is 7.84. The Morgan fingerprint density at radius 2 is 1.87 bits per heavy atom. The average molecular weight is 326 g/mol. The molecule has 23 heavy (non-hydrogen) atoms. The zero-order valence-corrected chi connectivity index (χ0v) is 13.7. The van der Waals surface area contributed by atoms with Crippen molar-refractivity contribution in [3.63, 3.8) is 0 Å². The van der Waals surface area contributed by atoms with Crippen LogP contribution in [0.25, 0.3) is 10.9 Å². The molecule has 3 aromatic rings. The smallest absolute Gasteiger partial charge is 0.251 e. The van der Waals surface area contributed by atoms with E-state index in [9.17, 15) is 9.00 Å². The molecule has 0 unspecified atom stereocenters. The van der Waals surface area contributed by atoms with Crippen LogP contribution in [-0.2, 0) is 17.2 Å². The van der Waals surface area contributed by atoms with Gasteiger partial charge in [-0.25, -0.2) is 0 Å². The Labute approximate surface area is 137 Å². The molecule has 2 aromatic carbocycles. The van der Waals surface area contributed by atoms with Crippen LogP contribution in [0.1, 0.15) is 15.9 Å². The molecule has 3 rings (SSSR count). The van der Waals surface area contributed by atoms with Gasteiger partial charge in [0.05, 0.1) is 0 Å². The van der Waals surface area contributed by atoms with Gasteiger partial charge >= 0.3 is 0 Å². The van der Waals surface area contributed by atoms with Crippen LogP contribution in [0.4, 0.5) is 0 Å². The van der Waals surface area contributed by atoms with Crippen molar-refractivity contribution in [2.24, 2.45) is 0 Å². The molecule has 0 saturated carbocycles. The molecule has 0 radical (unpaired) electrons. The third kappa shape index (κ3) is 3.51. The fraction of sp³-hybridized carbons (Fsp3) is 0.167. The third-order valence-electron chi connectivity index (χ3n) is 3.80. The van der Waals surface area contributed by atoms with E-state index in [1.54, 1.807) is 30.5 Å². The summed E-state index contributed by atoms with van der Waals surface area (Å²) >= 11 is 0. The Hall–Kier alpha value is -2.40. The summed E-state index contributed by atoms with van der Waals surface area (Å²) in [6.07, 6.45) is 4.38. The Kier molecular flexibility index (Phi) is 4.57. The number of carbonyl (C=O) groups excluding carboxylic acids is 1. The maximum Gasteiger partial charge on any atom is 0.251 e. The van der Waals surface area contributed by atoms with Crippen LogP contribution >= 0.6 is 0 Å². The SMILES string of the molecule is C[S@](=O)c1ccc(C(=O)NCCc2c[nH]c3ccccc23)cc1. The first-order chi connectivity index (χ1) is 11.1. The molecule has 1 heterocycles. The Bertz CT molecular complexity index is 853. The number of carbonyl (C=O) groups is 1. The summed E-state index contributed by atoms with van der Waals surface area (Å²) in [5, 5.41) is 4.11. The van der Waals surface area contributed by atoms with E-state index in [0.717, 1.165) is 16.8 Å². The lowest BCUT2D eigenvalue weighted by molar-refractivity contribution is 0.0954. The molecule has 0 aliphatic rings. The zero-order chi connectivity index (χ0) is 16.2. The number of fused-ring (bicyclic) bond motifs is 1. The summed E-state index contributed by atoms with van der Waals surface area (Å²) in [5.41, 5.74) is 2.88. The average Bonchev–Trinajstić information content (AvgIpc) is 2.98. The molecular formula is C18H18N2O2S. The van der Waals surface area contributed by atoms with Gasteiger partial charge in [-0.05, 0) is 42.3 Å². The van der Waals surface area contributed by atoms with Crippen molar-refractivity contribution in [2.75, 3.05) is 12.8 Å². The van der Waals surface area contributed by atoms with Crippen LogP contribution in [0.3, 0.4) is 0 Å². The van der Waals surface area contributed by atoms with Gasteiger partial charge in [0.2, 0.25) is 0 Å². The summed E-state index contributed by atoms with van der Waals surface area (Å²) < 4.78 is 11.3. The van der Waals surface area contributed by atoms with Crippen molar-refractivity contribution in [1.82, 2.24) is 10.3 Å². The number of hydrogen-bond donors (Lipinski definition) is 2. The van der Waals surface area contributed by atoms with Crippen LogP contribution in [0.15, 0.2) is 59.6 Å². The van der Waals surface area contributed by atoms with Crippen LogP contribution in [0.2, 0.25) is 0 Å². The minimum Gasteiger partial charge on any atom is -0.361 e. The van der Waals surface area contributed by atoms with Crippen LogP contribution in [0, 0.1) is 0 Å². The fourth-order valence-corrected chi connectivity index (χ4v) is 3.07. The molecule has 0 fully saturated rings. The molecule has 1 atom stereocenters. The second kappa shape index (κ2) is 6.79. The lowest BCUT2D eigenvalue weighted by atomic mass is 10.1. The molecule has 0 bridgehead atoms. The Morgan fingerprint density at radius 3 is 2.61 bits per heavy atom. The highest BCUT2D eigenvalue weighted by Gasteiger charge is 2.07. The van der Waals surface area contributed by atoms with Crippen molar-refractivity contribution < 1.29 is 9.00 Å². The van der Waals surface area contributed by atoms with Gasteiger partial charge in [-0.1, -0.05) is 18.2 Å². The van der Waals surface area contributed by atoms with E-state index >= 15 is 0 Å². The standard InChI is InChI=1S/C18H18N2O2S/c1-23(22)15-8-6-13(7-9-15)18(21)19-11-10-14-12-20-17-5-3-2-4-16(14)17/h2-9,12,20H,10-11H2,1H3,(H,19,21)/t23-/m0/s1. The van der Waals surface area contributed by atoms with Gasteiger partial charge in [0.15, 0.2) is 0 Å². The fourth-order valence-electron chi connectivity index (χ4n) is 2.55. The van der Waals surface area contributed by atoms with E-state index in [2.05, 4.69) is 16.4 Å². The van der Waals surface area contributed by atoms with Gasteiger partial charge in [0.1, 0.15) is 0 Å². The molecular weight excluding hydrogens is 308 g/mol. The third-order valence-corrected chi connectivity index (χ3v) is 4.74. The zero-order valence-electron chi connectivity index (χ0n) is 12.8. The van der Waals surface area contributed by atoms with Crippen molar-refractivity contribution in [2.45, 2.75) is 11.3 Å². The molecule has 1 aromatic heterocycles. The number of hydrogen-bond acceptors (Lipinski definition) is 2. The predicted molar refractivity (Wildman–Crippen MR) is 93.1 cm³/mol. The topological polar surface area (TPSA) is 62.0 Å². The largest absolute Gasteiger partial charge is 0.361 e. The highest BCUT2D eigenvalue weighted by atomic mass is 32.2. The van der Waals surface area contributed by atoms with Gasteiger partial charge in [0, 0.05) is 51.2 Å².